The fourth-order valence-electron chi connectivity index (χ4n) is 4.29. The Morgan fingerprint density at radius 2 is 2.00 bits per heavy atom. The van der Waals surface area contributed by atoms with E-state index < -0.39 is 6.04 Å². The molecule has 2 amide bonds. The Balaban J connectivity index is 1.52. The van der Waals surface area contributed by atoms with Crippen molar-refractivity contribution in [3.05, 3.63) is 53.5 Å². The summed E-state index contributed by atoms with van der Waals surface area (Å²) in [5, 5.41) is 16.6. The van der Waals surface area contributed by atoms with Crippen LogP contribution in [0.4, 0.5) is 5.69 Å². The number of likely N-dealkylation sites (tertiary alicyclic amines) is 2. The molecule has 2 saturated heterocycles. The number of hydrogen-bond donors (Lipinski definition) is 2. The molecule has 4 rings (SSSR count). The molecule has 0 bridgehead atoms. The summed E-state index contributed by atoms with van der Waals surface area (Å²) in [7, 11) is 0. The minimum atomic E-state index is -0.635. The van der Waals surface area contributed by atoms with Gasteiger partial charge < -0.3 is 24.9 Å². The average Bonchev–Trinajstić information content (AvgIpc) is 3.49. The van der Waals surface area contributed by atoms with E-state index in [4.69, 9.17) is 11.0 Å². The van der Waals surface area contributed by atoms with Crippen LogP contribution in [0.25, 0.3) is 15.8 Å². The lowest BCUT2D eigenvalue weighted by Gasteiger charge is -2.28. The first kappa shape index (κ1) is 22.2. The lowest BCUT2D eigenvalue weighted by Crippen LogP contribution is -2.49. The van der Waals surface area contributed by atoms with Gasteiger partial charge in [0.2, 0.25) is 11.8 Å². The molecule has 9 nitrogen and oxygen atoms in total. The lowest BCUT2D eigenvalue weighted by molar-refractivity contribution is -0.140. The highest BCUT2D eigenvalue weighted by Crippen LogP contribution is 2.22. The van der Waals surface area contributed by atoms with Crippen LogP contribution in [-0.4, -0.2) is 53.8 Å². The van der Waals surface area contributed by atoms with Gasteiger partial charge in [0.25, 0.3) is 0 Å². The number of benzene rings is 1. The van der Waals surface area contributed by atoms with Crippen LogP contribution in [0.3, 0.4) is 0 Å². The molecule has 0 saturated carbocycles. The van der Waals surface area contributed by atoms with Crippen LogP contribution in [0.1, 0.15) is 32.1 Å². The Morgan fingerprint density at radius 1 is 1.21 bits per heavy atom. The first-order valence-electron chi connectivity index (χ1n) is 11.2. The molecule has 2 N–H and O–H groups in total. The molecule has 3 heterocycles. The van der Waals surface area contributed by atoms with Crippen molar-refractivity contribution in [1.82, 2.24) is 15.1 Å². The second-order valence-corrected chi connectivity index (χ2v) is 8.29. The average molecular weight is 447 g/mol. The summed E-state index contributed by atoms with van der Waals surface area (Å²) >= 11 is 0. The van der Waals surface area contributed by atoms with Crippen LogP contribution >= 0.6 is 0 Å². The molecule has 2 aromatic rings. The van der Waals surface area contributed by atoms with Crippen LogP contribution in [0.2, 0.25) is 0 Å². The number of rotatable bonds is 6. The molecule has 33 heavy (non-hydrogen) atoms. The zero-order valence-electron chi connectivity index (χ0n) is 18.3. The summed E-state index contributed by atoms with van der Waals surface area (Å²) in [6, 6.07) is 8.50. The number of carbonyl (C=O) groups excluding carboxylic acids is 2. The van der Waals surface area contributed by atoms with Gasteiger partial charge in [0, 0.05) is 30.7 Å². The highest BCUT2D eigenvalue weighted by molar-refractivity contribution is 5.88. The molecule has 0 aliphatic carbocycles. The zero-order chi connectivity index (χ0) is 23.2. The molecule has 1 atom stereocenters. The fourth-order valence-corrected chi connectivity index (χ4v) is 4.29. The second kappa shape index (κ2) is 10.1. The third-order valence-corrected chi connectivity index (χ3v) is 6.06. The summed E-state index contributed by atoms with van der Waals surface area (Å²) in [6.45, 7) is 9.48. The summed E-state index contributed by atoms with van der Waals surface area (Å²) < 4.78 is 5.36. The number of anilines is 1. The largest absolute Gasteiger partial charge is 0.464 e. The van der Waals surface area contributed by atoms with Gasteiger partial charge in [-0.15, -0.1) is 0 Å². The van der Waals surface area contributed by atoms with Gasteiger partial charge >= 0.3 is 5.70 Å². The van der Waals surface area contributed by atoms with E-state index in [2.05, 4.69) is 15.5 Å². The molecule has 170 valence electrons. The first-order valence-corrected chi connectivity index (χ1v) is 11.2. The number of amides is 2. The topological polar surface area (TPSA) is 106 Å². The predicted octanol–water partition coefficient (Wildman–Crippen LogP) is 3.05. The smallest absolute Gasteiger partial charge is 0.300 e. The highest BCUT2D eigenvalue weighted by Gasteiger charge is 2.31. The maximum absolute atomic E-state index is 13.3. The standard InChI is InChI=1S/C24H26N6O3/c1-26-20(15-25)23(27-18-7-8-21-17(14-18)9-13-33-21)28-19-6-2-3-12-30(24(19)32)16-22(31)29-10-4-5-11-29/h7-9,13-14,19,27-28H,2-6,10-12,16H2/b23-20+. The van der Waals surface area contributed by atoms with Crippen molar-refractivity contribution < 1.29 is 14.0 Å². The highest BCUT2D eigenvalue weighted by atomic mass is 16.3. The summed E-state index contributed by atoms with van der Waals surface area (Å²) in [4.78, 5) is 32.7. The molecule has 2 aliphatic rings. The van der Waals surface area contributed by atoms with E-state index in [1.165, 1.54) is 0 Å². The Kier molecular flexibility index (Phi) is 6.80. The SMILES string of the molecule is [C-]#[N+]/C(C#N)=C(\Nc1ccc2occc2c1)NC1CCCCN(CC(=O)N2CCCC2)C1=O. The molecule has 0 spiro atoms. The maximum atomic E-state index is 13.3. The molecular weight excluding hydrogens is 420 g/mol. The Labute approximate surface area is 192 Å². The molecule has 1 aromatic carbocycles. The Hall–Kier alpha value is -3.98. The van der Waals surface area contributed by atoms with E-state index in [0.29, 0.717) is 18.7 Å². The van der Waals surface area contributed by atoms with Crippen molar-refractivity contribution in [2.24, 2.45) is 0 Å². The van der Waals surface area contributed by atoms with Crippen molar-refractivity contribution >= 4 is 28.5 Å². The van der Waals surface area contributed by atoms with Gasteiger partial charge in [-0.05, 0) is 56.4 Å². The van der Waals surface area contributed by atoms with Gasteiger partial charge in [-0.25, -0.2) is 10.1 Å². The Morgan fingerprint density at radius 3 is 2.76 bits per heavy atom. The quantitative estimate of drug-likeness (QED) is 0.522. The molecule has 2 fully saturated rings. The number of allylic oxidation sites excluding steroid dienone is 1. The van der Waals surface area contributed by atoms with Gasteiger partial charge in [-0.3, -0.25) is 9.59 Å². The van der Waals surface area contributed by atoms with Crippen molar-refractivity contribution in [2.45, 2.75) is 38.1 Å². The first-order chi connectivity index (χ1) is 16.1. The molecule has 1 unspecified atom stereocenters. The van der Waals surface area contributed by atoms with Crippen LogP contribution < -0.4 is 10.6 Å². The normalized spacial score (nSPS) is 19.5. The monoisotopic (exact) mass is 446 g/mol. The van der Waals surface area contributed by atoms with E-state index in [1.54, 1.807) is 23.3 Å². The van der Waals surface area contributed by atoms with Crippen molar-refractivity contribution in [2.75, 3.05) is 31.5 Å². The van der Waals surface area contributed by atoms with Gasteiger partial charge in [0.05, 0.1) is 25.4 Å². The third-order valence-electron chi connectivity index (χ3n) is 6.06. The van der Waals surface area contributed by atoms with Crippen LogP contribution in [0.15, 0.2) is 46.5 Å². The summed E-state index contributed by atoms with van der Waals surface area (Å²) in [6.07, 6.45) is 5.74. The summed E-state index contributed by atoms with van der Waals surface area (Å²) in [5.74, 6) is -0.0315. The predicted molar refractivity (Wildman–Crippen MR) is 122 cm³/mol. The van der Waals surface area contributed by atoms with Gasteiger partial charge in [0.15, 0.2) is 0 Å². The maximum Gasteiger partial charge on any atom is 0.300 e. The number of nitrogens with zero attached hydrogens (tertiary/aromatic N) is 4. The number of furan rings is 1. The van der Waals surface area contributed by atoms with Crippen LogP contribution in [-0.2, 0) is 9.59 Å². The molecule has 9 heteroatoms. The minimum absolute atomic E-state index is 0.0253. The van der Waals surface area contributed by atoms with E-state index in [9.17, 15) is 14.9 Å². The molecule has 0 radical (unpaired) electrons. The van der Waals surface area contributed by atoms with Gasteiger partial charge in [0.1, 0.15) is 17.4 Å². The zero-order valence-corrected chi connectivity index (χ0v) is 18.3. The number of nitrogens with one attached hydrogen (secondary N) is 2. The Bertz CT molecular complexity index is 1130. The number of carbonyl (C=O) groups is 2. The van der Waals surface area contributed by atoms with E-state index in [-0.39, 0.29) is 29.9 Å². The van der Waals surface area contributed by atoms with Crippen molar-refractivity contribution in [3.8, 4) is 6.07 Å². The van der Waals surface area contributed by atoms with E-state index >= 15 is 0 Å². The molecular formula is C24H26N6O3. The molecule has 2 aliphatic heterocycles. The lowest BCUT2D eigenvalue weighted by atomic mass is 10.1. The van der Waals surface area contributed by atoms with E-state index in [0.717, 1.165) is 49.7 Å². The van der Waals surface area contributed by atoms with Gasteiger partial charge in [-0.1, -0.05) is 0 Å². The second-order valence-electron chi connectivity index (χ2n) is 8.29. The van der Waals surface area contributed by atoms with E-state index in [1.807, 2.05) is 23.1 Å². The number of fused-ring (bicyclic) bond motifs is 1. The third kappa shape index (κ3) is 5.09. The minimum Gasteiger partial charge on any atom is -0.464 e. The summed E-state index contributed by atoms with van der Waals surface area (Å²) in [5.41, 5.74) is 1.21. The van der Waals surface area contributed by atoms with Crippen molar-refractivity contribution in [1.29, 1.82) is 5.26 Å². The van der Waals surface area contributed by atoms with Crippen LogP contribution in [0.5, 0.6) is 0 Å². The fraction of sp³-hybridized carbons (Fsp3) is 0.417. The molecule has 1 aromatic heterocycles. The van der Waals surface area contributed by atoms with Crippen molar-refractivity contribution in [3.63, 3.8) is 0 Å². The van der Waals surface area contributed by atoms with Gasteiger partial charge in [-0.2, -0.15) is 0 Å². The number of nitriles is 1. The van der Waals surface area contributed by atoms with Crippen LogP contribution in [0, 0.1) is 17.9 Å². The number of hydrogen-bond acceptors (Lipinski definition) is 6.